The summed E-state index contributed by atoms with van der Waals surface area (Å²) in [5.74, 6) is 0.272. The van der Waals surface area contributed by atoms with Crippen LogP contribution in [0, 0.1) is 5.92 Å². The second-order valence-electron chi connectivity index (χ2n) is 9.29. The molecule has 8 N–H and O–H groups in total. The third kappa shape index (κ3) is 7.51. The van der Waals surface area contributed by atoms with E-state index in [9.17, 15) is 9.59 Å². The minimum atomic E-state index is -0.738. The van der Waals surface area contributed by atoms with E-state index < -0.39 is 12.1 Å². The highest BCUT2D eigenvalue weighted by atomic mass is 16.2. The number of rotatable bonds is 10. The molecule has 32 heavy (non-hydrogen) atoms. The smallest absolute Gasteiger partial charge is 0.242 e. The number of nitrogens with one attached hydrogen (secondary N) is 2. The third-order valence-corrected chi connectivity index (χ3v) is 6.66. The predicted octanol–water partition coefficient (Wildman–Crippen LogP) is 1.98. The molecule has 0 aliphatic heterocycles. The van der Waals surface area contributed by atoms with Gasteiger partial charge >= 0.3 is 0 Å². The predicted molar refractivity (Wildman–Crippen MR) is 127 cm³/mol. The lowest BCUT2D eigenvalue weighted by molar-refractivity contribution is -0.130. The first-order valence-electron chi connectivity index (χ1n) is 12.0. The number of guanidine groups is 1. The van der Waals surface area contributed by atoms with Crippen molar-refractivity contribution >= 4 is 23.5 Å². The summed E-state index contributed by atoms with van der Waals surface area (Å²) in [6.45, 7) is 0. The van der Waals surface area contributed by atoms with Crippen molar-refractivity contribution in [3.05, 3.63) is 29.8 Å². The number of amides is 2. The Hall–Kier alpha value is -2.61. The van der Waals surface area contributed by atoms with Gasteiger partial charge < -0.3 is 27.8 Å². The molecule has 0 radical (unpaired) electrons. The molecule has 1 aromatic carbocycles. The Kier molecular flexibility index (Phi) is 8.90. The Morgan fingerprint density at radius 2 is 1.66 bits per heavy atom. The first-order chi connectivity index (χ1) is 15.4. The maximum Gasteiger partial charge on any atom is 0.242 e. The molecule has 3 rings (SSSR count). The SMILES string of the molecule is NC(N)=Nc1ccc(C[C@H](N)C(=O)N[C@@H](CCC2CCCCC2)C(=O)NC2CCC2)cc1. The summed E-state index contributed by atoms with van der Waals surface area (Å²) in [7, 11) is 0. The quantitative estimate of drug-likeness (QED) is 0.277. The van der Waals surface area contributed by atoms with Crippen LogP contribution < -0.4 is 27.8 Å². The van der Waals surface area contributed by atoms with E-state index in [1.54, 1.807) is 12.1 Å². The number of carbonyl (C=O) groups excluding carboxylic acids is 2. The molecule has 0 saturated heterocycles. The molecule has 2 amide bonds. The Labute approximate surface area is 190 Å². The molecular formula is C24H38N6O2. The second kappa shape index (κ2) is 11.9. The number of benzene rings is 1. The number of aliphatic imine (C=N–C) groups is 1. The van der Waals surface area contributed by atoms with Crippen molar-refractivity contribution in [2.45, 2.75) is 88.8 Å². The number of carbonyl (C=O) groups is 2. The van der Waals surface area contributed by atoms with E-state index in [2.05, 4.69) is 15.6 Å². The number of nitrogens with zero attached hydrogens (tertiary/aromatic N) is 1. The van der Waals surface area contributed by atoms with E-state index in [0.717, 1.165) is 31.2 Å². The Morgan fingerprint density at radius 3 is 2.25 bits per heavy atom. The number of hydrogen-bond donors (Lipinski definition) is 5. The lowest BCUT2D eigenvalue weighted by Crippen LogP contribution is -2.54. The van der Waals surface area contributed by atoms with Gasteiger partial charge in [0.05, 0.1) is 11.7 Å². The van der Waals surface area contributed by atoms with Crippen molar-refractivity contribution in [3.63, 3.8) is 0 Å². The lowest BCUT2D eigenvalue weighted by Gasteiger charge is -2.30. The van der Waals surface area contributed by atoms with Crippen LogP contribution in [0.2, 0.25) is 0 Å². The molecule has 2 saturated carbocycles. The molecular weight excluding hydrogens is 404 g/mol. The molecule has 2 aliphatic rings. The van der Waals surface area contributed by atoms with Gasteiger partial charge in [0.25, 0.3) is 0 Å². The molecule has 0 heterocycles. The maximum atomic E-state index is 12.9. The van der Waals surface area contributed by atoms with Crippen LogP contribution in [0.1, 0.15) is 69.8 Å². The minimum Gasteiger partial charge on any atom is -0.370 e. The van der Waals surface area contributed by atoms with Gasteiger partial charge in [-0.3, -0.25) is 9.59 Å². The summed E-state index contributed by atoms with van der Waals surface area (Å²) in [6.07, 6.45) is 11.5. The van der Waals surface area contributed by atoms with Gasteiger partial charge in [-0.25, -0.2) is 4.99 Å². The normalized spacial score (nSPS) is 18.8. The van der Waals surface area contributed by atoms with E-state index in [1.807, 2.05) is 12.1 Å². The molecule has 1 aromatic rings. The zero-order chi connectivity index (χ0) is 22.9. The summed E-state index contributed by atoms with van der Waals surface area (Å²) in [5.41, 5.74) is 18.5. The van der Waals surface area contributed by atoms with Gasteiger partial charge in [0.15, 0.2) is 5.96 Å². The zero-order valence-corrected chi connectivity index (χ0v) is 18.9. The highest BCUT2D eigenvalue weighted by Crippen LogP contribution is 2.28. The first-order valence-corrected chi connectivity index (χ1v) is 12.0. The molecule has 8 nitrogen and oxygen atoms in total. The molecule has 0 spiro atoms. The molecule has 0 unspecified atom stereocenters. The lowest BCUT2D eigenvalue weighted by atomic mass is 9.85. The molecule has 176 valence electrons. The second-order valence-corrected chi connectivity index (χ2v) is 9.29. The number of hydrogen-bond acceptors (Lipinski definition) is 4. The van der Waals surface area contributed by atoms with E-state index in [0.29, 0.717) is 24.4 Å². The zero-order valence-electron chi connectivity index (χ0n) is 18.9. The van der Waals surface area contributed by atoms with Crippen LogP contribution in [0.3, 0.4) is 0 Å². The van der Waals surface area contributed by atoms with E-state index in [1.165, 1.54) is 32.1 Å². The first kappa shape index (κ1) is 24.0. The van der Waals surface area contributed by atoms with Crippen LogP contribution in [0.5, 0.6) is 0 Å². The molecule has 2 aliphatic carbocycles. The molecule has 2 fully saturated rings. The summed E-state index contributed by atoms with van der Waals surface area (Å²) in [5, 5.41) is 6.03. The van der Waals surface area contributed by atoms with E-state index >= 15 is 0 Å². The van der Waals surface area contributed by atoms with E-state index in [-0.39, 0.29) is 23.8 Å². The summed E-state index contributed by atoms with van der Waals surface area (Å²) in [4.78, 5) is 29.7. The van der Waals surface area contributed by atoms with Crippen molar-refractivity contribution in [1.29, 1.82) is 0 Å². The van der Waals surface area contributed by atoms with Gasteiger partial charge in [-0.1, -0.05) is 44.2 Å². The van der Waals surface area contributed by atoms with Crippen LogP contribution in [-0.2, 0) is 16.0 Å². The summed E-state index contributed by atoms with van der Waals surface area (Å²) in [6, 6.07) is 6.22. The van der Waals surface area contributed by atoms with Crippen molar-refractivity contribution in [2.24, 2.45) is 28.1 Å². The van der Waals surface area contributed by atoms with Crippen LogP contribution in [0.4, 0.5) is 5.69 Å². The third-order valence-electron chi connectivity index (χ3n) is 6.66. The average Bonchev–Trinajstić information content (AvgIpc) is 2.75. The van der Waals surface area contributed by atoms with Gasteiger partial charge in [0.2, 0.25) is 11.8 Å². The van der Waals surface area contributed by atoms with Gasteiger partial charge in [-0.2, -0.15) is 0 Å². The van der Waals surface area contributed by atoms with Crippen LogP contribution in [-0.4, -0.2) is 35.9 Å². The fourth-order valence-electron chi connectivity index (χ4n) is 4.48. The Morgan fingerprint density at radius 1 is 0.969 bits per heavy atom. The molecule has 0 bridgehead atoms. The van der Waals surface area contributed by atoms with Crippen LogP contribution in [0.25, 0.3) is 0 Å². The van der Waals surface area contributed by atoms with Crippen molar-refractivity contribution in [3.8, 4) is 0 Å². The maximum absolute atomic E-state index is 12.9. The van der Waals surface area contributed by atoms with Crippen LogP contribution in [0.15, 0.2) is 29.3 Å². The summed E-state index contributed by atoms with van der Waals surface area (Å²) >= 11 is 0. The molecule has 8 heteroatoms. The highest BCUT2D eigenvalue weighted by molar-refractivity contribution is 5.90. The fourth-order valence-corrected chi connectivity index (χ4v) is 4.48. The van der Waals surface area contributed by atoms with Gasteiger partial charge in [0, 0.05) is 6.04 Å². The van der Waals surface area contributed by atoms with Crippen molar-refractivity contribution in [1.82, 2.24) is 10.6 Å². The van der Waals surface area contributed by atoms with Crippen LogP contribution >= 0.6 is 0 Å². The fraction of sp³-hybridized carbons (Fsp3) is 0.625. The standard InChI is InChI=1S/C24H38N6O2/c25-20(15-17-9-12-19(13-10-17)29-24(26)27)22(31)30-21(23(32)28-18-7-4-8-18)14-11-16-5-2-1-3-6-16/h9-10,12-13,16,18,20-21H,1-8,11,14-15,25H2,(H,28,32)(H,30,31)(H4,26,27,29)/t20-,21-/m0/s1. The molecule has 2 atom stereocenters. The monoisotopic (exact) mass is 442 g/mol. The Bertz CT molecular complexity index is 780. The minimum absolute atomic E-state index is 0.00623. The average molecular weight is 443 g/mol. The van der Waals surface area contributed by atoms with Crippen molar-refractivity contribution in [2.75, 3.05) is 0 Å². The van der Waals surface area contributed by atoms with Gasteiger partial charge in [-0.15, -0.1) is 0 Å². The Balaban J connectivity index is 1.55. The largest absolute Gasteiger partial charge is 0.370 e. The number of nitrogens with two attached hydrogens (primary N) is 3. The van der Waals surface area contributed by atoms with Crippen molar-refractivity contribution < 1.29 is 9.59 Å². The molecule has 0 aromatic heterocycles. The summed E-state index contributed by atoms with van der Waals surface area (Å²) < 4.78 is 0. The van der Waals surface area contributed by atoms with Gasteiger partial charge in [0.1, 0.15) is 6.04 Å². The highest BCUT2D eigenvalue weighted by Gasteiger charge is 2.28. The topological polar surface area (TPSA) is 149 Å². The van der Waals surface area contributed by atoms with Gasteiger partial charge in [-0.05, 0) is 62.1 Å². The van der Waals surface area contributed by atoms with E-state index in [4.69, 9.17) is 17.2 Å².